The molecule has 2 fully saturated rings. The van der Waals surface area contributed by atoms with Crippen molar-refractivity contribution in [1.29, 1.82) is 0 Å². The monoisotopic (exact) mass is 573 g/mol. The van der Waals surface area contributed by atoms with Gasteiger partial charge in [0.1, 0.15) is 0 Å². The van der Waals surface area contributed by atoms with Crippen LogP contribution in [0.1, 0.15) is 61.6 Å². The van der Waals surface area contributed by atoms with Crippen molar-refractivity contribution in [2.24, 2.45) is 11.8 Å². The van der Waals surface area contributed by atoms with E-state index in [9.17, 15) is 4.79 Å². The Bertz CT molecular complexity index is 1520. The van der Waals surface area contributed by atoms with Crippen molar-refractivity contribution >= 4 is 34.6 Å². The fourth-order valence-corrected chi connectivity index (χ4v) is 6.33. The summed E-state index contributed by atoms with van der Waals surface area (Å²) in [5.41, 5.74) is 4.36. The third-order valence-electron chi connectivity index (χ3n) is 8.31. The van der Waals surface area contributed by atoms with E-state index in [0.29, 0.717) is 41.9 Å². The average molecular weight is 574 g/mol. The number of hydrogen-bond donors (Lipinski definition) is 0. The highest BCUT2D eigenvalue weighted by atomic mass is 35.5. The van der Waals surface area contributed by atoms with Gasteiger partial charge in [0, 0.05) is 31.0 Å². The van der Waals surface area contributed by atoms with E-state index in [2.05, 4.69) is 45.6 Å². The molecule has 8 nitrogen and oxygen atoms in total. The SMILES string of the molecule is CCOC(=O)c1cc2nc(N3CCOC[C@H]3c3ccccc3)n(C[C@H]3CC[C@H](C)CC3)c2c(-c2cncc(Cl)c2)n1. The van der Waals surface area contributed by atoms with Gasteiger partial charge in [0.15, 0.2) is 5.69 Å². The molecule has 214 valence electrons. The first kappa shape index (κ1) is 27.7. The molecular weight excluding hydrogens is 538 g/mol. The Morgan fingerprint density at radius 3 is 2.66 bits per heavy atom. The molecule has 1 aromatic carbocycles. The van der Waals surface area contributed by atoms with Gasteiger partial charge >= 0.3 is 5.97 Å². The predicted molar refractivity (Wildman–Crippen MR) is 160 cm³/mol. The molecule has 1 saturated heterocycles. The summed E-state index contributed by atoms with van der Waals surface area (Å²) in [6.07, 6.45) is 8.15. The van der Waals surface area contributed by atoms with Crippen LogP contribution in [0.5, 0.6) is 0 Å². The summed E-state index contributed by atoms with van der Waals surface area (Å²) < 4.78 is 13.6. The lowest BCUT2D eigenvalue weighted by Gasteiger charge is -2.37. The second-order valence-electron chi connectivity index (χ2n) is 11.2. The molecule has 0 spiro atoms. The molecule has 6 rings (SSSR count). The molecule has 41 heavy (non-hydrogen) atoms. The number of fused-ring (bicyclic) bond motifs is 1. The molecule has 1 aliphatic carbocycles. The molecule has 1 saturated carbocycles. The predicted octanol–water partition coefficient (Wildman–Crippen LogP) is 6.73. The van der Waals surface area contributed by atoms with Gasteiger partial charge in [-0.15, -0.1) is 0 Å². The Balaban J connectivity index is 1.56. The molecule has 0 N–H and O–H groups in total. The van der Waals surface area contributed by atoms with Crippen molar-refractivity contribution < 1.29 is 14.3 Å². The first-order valence-electron chi connectivity index (χ1n) is 14.6. The minimum Gasteiger partial charge on any atom is -0.461 e. The summed E-state index contributed by atoms with van der Waals surface area (Å²) in [7, 11) is 0. The lowest BCUT2D eigenvalue weighted by molar-refractivity contribution is 0.0520. The van der Waals surface area contributed by atoms with Crippen LogP contribution in [0.2, 0.25) is 5.02 Å². The van der Waals surface area contributed by atoms with Crippen LogP contribution in [0, 0.1) is 11.8 Å². The van der Waals surface area contributed by atoms with Gasteiger partial charge in [0.2, 0.25) is 5.95 Å². The number of imidazole rings is 1. The number of carbonyl (C=O) groups excluding carboxylic acids is 1. The zero-order valence-electron chi connectivity index (χ0n) is 23.6. The van der Waals surface area contributed by atoms with Crippen LogP contribution in [0.15, 0.2) is 54.9 Å². The van der Waals surface area contributed by atoms with Gasteiger partial charge in [-0.25, -0.2) is 14.8 Å². The van der Waals surface area contributed by atoms with Gasteiger partial charge in [0.25, 0.3) is 0 Å². The number of esters is 1. The number of nitrogens with zero attached hydrogens (tertiary/aromatic N) is 5. The number of aromatic nitrogens is 4. The van der Waals surface area contributed by atoms with Crippen LogP contribution in [0.4, 0.5) is 5.95 Å². The van der Waals surface area contributed by atoms with E-state index in [4.69, 9.17) is 31.0 Å². The van der Waals surface area contributed by atoms with Crippen LogP contribution in [-0.2, 0) is 16.0 Å². The fourth-order valence-electron chi connectivity index (χ4n) is 6.15. The van der Waals surface area contributed by atoms with Crippen molar-refractivity contribution in [3.63, 3.8) is 0 Å². The summed E-state index contributed by atoms with van der Waals surface area (Å²) in [4.78, 5) is 29.7. The Morgan fingerprint density at radius 1 is 1.10 bits per heavy atom. The molecule has 4 aromatic rings. The van der Waals surface area contributed by atoms with Crippen molar-refractivity contribution in [1.82, 2.24) is 19.5 Å². The Labute approximate surface area is 245 Å². The number of rotatable bonds is 7. The van der Waals surface area contributed by atoms with Crippen LogP contribution in [0.3, 0.4) is 0 Å². The van der Waals surface area contributed by atoms with Crippen molar-refractivity contribution in [3.8, 4) is 11.3 Å². The number of carbonyl (C=O) groups is 1. The zero-order chi connectivity index (χ0) is 28.3. The molecule has 2 aliphatic rings. The van der Waals surface area contributed by atoms with E-state index in [1.165, 1.54) is 31.2 Å². The lowest BCUT2D eigenvalue weighted by Crippen LogP contribution is -2.41. The second kappa shape index (κ2) is 12.2. The van der Waals surface area contributed by atoms with E-state index >= 15 is 0 Å². The standard InChI is InChI=1S/C32H36ClN5O3/c1-3-41-31(39)27-16-26-30(29(35-27)24-15-25(33)18-34-17-24)38(19-22-11-9-21(2)10-12-22)32(36-26)37-13-14-40-20-28(37)23-7-5-4-6-8-23/h4-8,15-18,21-22,28H,3,9-14,19-20H2,1-2H3/t21-,22-,28-/m0/s1. The smallest absolute Gasteiger partial charge is 0.357 e. The van der Waals surface area contributed by atoms with Crippen LogP contribution < -0.4 is 4.90 Å². The summed E-state index contributed by atoms with van der Waals surface area (Å²) in [5, 5.41) is 0.504. The number of halogens is 1. The summed E-state index contributed by atoms with van der Waals surface area (Å²) in [6, 6.07) is 14.1. The topological polar surface area (TPSA) is 82.4 Å². The molecule has 3 aromatic heterocycles. The van der Waals surface area contributed by atoms with Crippen molar-refractivity contribution in [2.75, 3.05) is 31.3 Å². The number of hydrogen-bond acceptors (Lipinski definition) is 7. The Morgan fingerprint density at radius 2 is 1.90 bits per heavy atom. The van der Waals surface area contributed by atoms with Crippen LogP contribution in [-0.4, -0.2) is 51.9 Å². The van der Waals surface area contributed by atoms with Gasteiger partial charge in [0.05, 0.1) is 47.6 Å². The normalized spacial score (nSPS) is 21.2. The minimum absolute atomic E-state index is 0.0145. The summed E-state index contributed by atoms with van der Waals surface area (Å²) >= 11 is 6.39. The largest absolute Gasteiger partial charge is 0.461 e. The second-order valence-corrected chi connectivity index (χ2v) is 11.6. The van der Waals surface area contributed by atoms with E-state index in [0.717, 1.165) is 29.5 Å². The van der Waals surface area contributed by atoms with E-state index in [1.54, 1.807) is 25.4 Å². The molecule has 9 heteroatoms. The van der Waals surface area contributed by atoms with Crippen molar-refractivity contribution in [2.45, 2.75) is 52.1 Å². The van der Waals surface area contributed by atoms with Gasteiger partial charge < -0.3 is 18.9 Å². The maximum absolute atomic E-state index is 12.9. The Hall–Kier alpha value is -3.49. The maximum atomic E-state index is 12.9. The van der Waals surface area contributed by atoms with Gasteiger partial charge in [-0.1, -0.05) is 61.7 Å². The molecule has 1 atom stereocenters. The Kier molecular flexibility index (Phi) is 8.21. The van der Waals surface area contributed by atoms with Gasteiger partial charge in [-0.3, -0.25) is 4.98 Å². The highest BCUT2D eigenvalue weighted by Crippen LogP contribution is 2.38. The van der Waals surface area contributed by atoms with E-state index < -0.39 is 5.97 Å². The summed E-state index contributed by atoms with van der Waals surface area (Å²) in [5.74, 6) is 1.67. The summed E-state index contributed by atoms with van der Waals surface area (Å²) in [6.45, 7) is 7.11. The quantitative estimate of drug-likeness (QED) is 0.227. The zero-order valence-corrected chi connectivity index (χ0v) is 24.4. The first-order valence-corrected chi connectivity index (χ1v) is 15.0. The molecule has 1 aliphatic heterocycles. The third kappa shape index (κ3) is 5.81. The van der Waals surface area contributed by atoms with E-state index in [-0.39, 0.29) is 18.3 Å². The molecule has 0 radical (unpaired) electrons. The average Bonchev–Trinajstić information content (AvgIpc) is 3.36. The fraction of sp³-hybridized carbons (Fsp3) is 0.438. The molecule has 4 heterocycles. The maximum Gasteiger partial charge on any atom is 0.357 e. The molecule has 0 unspecified atom stereocenters. The highest BCUT2D eigenvalue weighted by molar-refractivity contribution is 6.30. The minimum atomic E-state index is -0.475. The molecule has 0 bridgehead atoms. The van der Waals surface area contributed by atoms with Gasteiger partial charge in [-0.05, 0) is 49.3 Å². The third-order valence-corrected chi connectivity index (χ3v) is 8.52. The van der Waals surface area contributed by atoms with Crippen LogP contribution >= 0.6 is 11.6 Å². The van der Waals surface area contributed by atoms with E-state index in [1.807, 2.05) is 12.1 Å². The number of anilines is 1. The number of benzene rings is 1. The van der Waals surface area contributed by atoms with Crippen molar-refractivity contribution in [3.05, 3.63) is 71.1 Å². The number of ether oxygens (including phenoxy) is 2. The molecule has 0 amide bonds. The van der Waals surface area contributed by atoms with Crippen LogP contribution in [0.25, 0.3) is 22.3 Å². The molecular formula is C32H36ClN5O3. The van der Waals surface area contributed by atoms with Gasteiger partial charge in [-0.2, -0.15) is 0 Å². The lowest BCUT2D eigenvalue weighted by atomic mass is 9.83. The first-order chi connectivity index (χ1) is 20.0. The number of pyridine rings is 2. The highest BCUT2D eigenvalue weighted by Gasteiger charge is 2.32. The number of morpholine rings is 1.